The lowest BCUT2D eigenvalue weighted by molar-refractivity contribution is -0.143. The van der Waals surface area contributed by atoms with Crippen LogP contribution in [0.5, 0.6) is 0 Å². The maximum Gasteiger partial charge on any atom is 0.334 e. The molecule has 3 unspecified atom stereocenters. The second-order valence-corrected chi connectivity index (χ2v) is 9.39. The molecule has 0 aromatic carbocycles. The first-order chi connectivity index (χ1) is 14.6. The summed E-state index contributed by atoms with van der Waals surface area (Å²) >= 11 is 0. The first kappa shape index (κ1) is 24.9. The van der Waals surface area contributed by atoms with E-state index in [1.807, 2.05) is 0 Å². The molecule has 4 nitrogen and oxygen atoms in total. The Morgan fingerprint density at radius 1 is 0.700 bits per heavy atom. The molecular weight excluding hydrogens is 376 g/mol. The van der Waals surface area contributed by atoms with Crippen LogP contribution in [-0.2, 0) is 19.1 Å². The van der Waals surface area contributed by atoms with Crippen molar-refractivity contribution in [2.75, 3.05) is 13.2 Å². The third kappa shape index (κ3) is 7.42. The molecule has 0 radical (unpaired) electrons. The summed E-state index contributed by atoms with van der Waals surface area (Å²) in [4.78, 5) is 25.6. The van der Waals surface area contributed by atoms with Gasteiger partial charge in [0, 0.05) is 0 Å². The van der Waals surface area contributed by atoms with Crippen LogP contribution in [0.2, 0.25) is 0 Å². The monoisotopic (exact) mass is 420 g/mol. The largest absolute Gasteiger partial charge is 0.462 e. The Morgan fingerprint density at radius 3 is 1.70 bits per heavy atom. The summed E-state index contributed by atoms with van der Waals surface area (Å²) in [5.41, 5.74) is 1.27. The number of unbranched alkanes of at least 4 members (excludes halogenated alkanes) is 10. The molecule has 2 bridgehead atoms. The smallest absolute Gasteiger partial charge is 0.334 e. The average molecular weight is 421 g/mol. The van der Waals surface area contributed by atoms with Crippen LogP contribution in [0.3, 0.4) is 0 Å². The van der Waals surface area contributed by atoms with Crippen LogP contribution in [-0.4, -0.2) is 25.2 Å². The highest BCUT2D eigenvalue weighted by atomic mass is 16.5. The molecule has 4 heteroatoms. The van der Waals surface area contributed by atoms with Gasteiger partial charge in [0.2, 0.25) is 0 Å². The van der Waals surface area contributed by atoms with Crippen LogP contribution in [0, 0.1) is 17.8 Å². The van der Waals surface area contributed by atoms with Crippen LogP contribution in [0.1, 0.15) is 111 Å². The number of ether oxygens (including phenoxy) is 2. The molecule has 30 heavy (non-hydrogen) atoms. The summed E-state index contributed by atoms with van der Waals surface area (Å²) in [5, 5.41) is 0. The van der Waals surface area contributed by atoms with Crippen LogP contribution in [0.25, 0.3) is 0 Å². The molecule has 0 aromatic rings. The third-order valence-corrected chi connectivity index (χ3v) is 6.85. The molecule has 2 rings (SSSR count). The minimum absolute atomic E-state index is 0.170. The molecule has 2 aliphatic rings. The first-order valence-electron chi connectivity index (χ1n) is 12.7. The van der Waals surface area contributed by atoms with Gasteiger partial charge in [0.1, 0.15) is 0 Å². The van der Waals surface area contributed by atoms with E-state index < -0.39 is 0 Å². The molecule has 0 N–H and O–H groups in total. The van der Waals surface area contributed by atoms with Gasteiger partial charge in [-0.1, -0.05) is 85.0 Å². The van der Waals surface area contributed by atoms with Crippen molar-refractivity contribution in [1.29, 1.82) is 0 Å². The predicted octanol–water partition coefficient (Wildman–Crippen LogP) is 6.77. The van der Waals surface area contributed by atoms with Gasteiger partial charge in [-0.2, -0.15) is 0 Å². The Hall–Kier alpha value is -1.32. The number of esters is 2. The van der Waals surface area contributed by atoms with Crippen molar-refractivity contribution in [3.8, 4) is 0 Å². The summed E-state index contributed by atoms with van der Waals surface area (Å²) < 4.78 is 11.2. The van der Waals surface area contributed by atoms with E-state index in [-0.39, 0.29) is 23.8 Å². The fraction of sp³-hybridized carbons (Fsp3) is 0.846. The Bertz CT molecular complexity index is 565. The van der Waals surface area contributed by atoms with Gasteiger partial charge >= 0.3 is 11.9 Å². The zero-order chi connectivity index (χ0) is 21.8. The zero-order valence-electron chi connectivity index (χ0n) is 19.7. The van der Waals surface area contributed by atoms with Crippen molar-refractivity contribution in [1.82, 2.24) is 0 Å². The number of hydrogen-bond acceptors (Lipinski definition) is 4. The topological polar surface area (TPSA) is 52.6 Å². The number of fused-ring (bicyclic) bond motifs is 2. The van der Waals surface area contributed by atoms with Gasteiger partial charge in [-0.05, 0) is 43.4 Å². The van der Waals surface area contributed by atoms with Gasteiger partial charge in [-0.25, -0.2) is 9.59 Å². The molecule has 1 fully saturated rings. The third-order valence-electron chi connectivity index (χ3n) is 6.85. The molecule has 2 aliphatic carbocycles. The molecule has 0 saturated heterocycles. The van der Waals surface area contributed by atoms with Crippen molar-refractivity contribution < 1.29 is 19.1 Å². The van der Waals surface area contributed by atoms with Crippen LogP contribution < -0.4 is 0 Å². The average Bonchev–Trinajstić information content (AvgIpc) is 3.29. The highest BCUT2D eigenvalue weighted by molar-refractivity contribution is 6.02. The van der Waals surface area contributed by atoms with E-state index in [1.165, 1.54) is 51.4 Å². The normalized spacial score (nSPS) is 22.6. The van der Waals surface area contributed by atoms with Crippen molar-refractivity contribution in [3.63, 3.8) is 0 Å². The lowest BCUT2D eigenvalue weighted by atomic mass is 9.84. The fourth-order valence-corrected chi connectivity index (χ4v) is 5.09. The number of carbonyl (C=O) groups is 2. The van der Waals surface area contributed by atoms with Gasteiger partial charge < -0.3 is 9.47 Å². The van der Waals surface area contributed by atoms with Gasteiger partial charge in [0.05, 0.1) is 24.4 Å². The van der Waals surface area contributed by atoms with E-state index in [9.17, 15) is 9.59 Å². The van der Waals surface area contributed by atoms with Crippen LogP contribution in [0.4, 0.5) is 0 Å². The van der Waals surface area contributed by atoms with E-state index in [4.69, 9.17) is 9.47 Å². The fourth-order valence-electron chi connectivity index (χ4n) is 5.09. The molecule has 3 atom stereocenters. The summed E-state index contributed by atoms with van der Waals surface area (Å²) in [7, 11) is 0. The Labute approximate surface area is 184 Å². The lowest BCUT2D eigenvalue weighted by Crippen LogP contribution is -2.25. The molecule has 1 saturated carbocycles. The van der Waals surface area contributed by atoms with Crippen LogP contribution in [0.15, 0.2) is 11.1 Å². The molecule has 0 amide bonds. The van der Waals surface area contributed by atoms with E-state index in [0.29, 0.717) is 30.3 Å². The predicted molar refractivity (Wildman–Crippen MR) is 121 cm³/mol. The van der Waals surface area contributed by atoms with Gasteiger partial charge in [0.15, 0.2) is 0 Å². The second kappa shape index (κ2) is 13.9. The second-order valence-electron chi connectivity index (χ2n) is 9.39. The lowest BCUT2D eigenvalue weighted by Gasteiger charge is -2.22. The van der Waals surface area contributed by atoms with E-state index in [2.05, 4.69) is 20.8 Å². The van der Waals surface area contributed by atoms with E-state index >= 15 is 0 Å². The standard InChI is InChI=1S/C26H44O4/c1-4-6-8-10-12-14-16-29-25(27)23-21-18-20(3)22(19-21)24(23)26(28)30-17-15-13-11-9-7-5-2/h20-22H,4-19H2,1-3H3. The van der Waals surface area contributed by atoms with Crippen molar-refractivity contribution >= 4 is 11.9 Å². The van der Waals surface area contributed by atoms with Gasteiger partial charge in [0.25, 0.3) is 0 Å². The number of carbonyl (C=O) groups excluding carboxylic acids is 2. The minimum atomic E-state index is -0.269. The molecule has 0 aromatic heterocycles. The Kier molecular flexibility index (Phi) is 11.5. The summed E-state index contributed by atoms with van der Waals surface area (Å²) in [6.45, 7) is 7.52. The first-order valence-corrected chi connectivity index (χ1v) is 12.7. The van der Waals surface area contributed by atoms with E-state index in [1.54, 1.807) is 0 Å². The maximum atomic E-state index is 12.8. The van der Waals surface area contributed by atoms with Gasteiger partial charge in [-0.15, -0.1) is 0 Å². The quantitative estimate of drug-likeness (QED) is 0.204. The zero-order valence-corrected chi connectivity index (χ0v) is 19.7. The summed E-state index contributed by atoms with van der Waals surface area (Å²) in [5.74, 6) is 0.257. The Morgan fingerprint density at radius 2 is 1.17 bits per heavy atom. The van der Waals surface area contributed by atoms with Crippen molar-refractivity contribution in [2.45, 2.75) is 111 Å². The minimum Gasteiger partial charge on any atom is -0.462 e. The molecule has 172 valence electrons. The number of hydrogen-bond donors (Lipinski definition) is 0. The molecule has 0 aliphatic heterocycles. The van der Waals surface area contributed by atoms with E-state index in [0.717, 1.165) is 38.5 Å². The summed E-state index contributed by atoms with van der Waals surface area (Å²) in [6, 6.07) is 0. The maximum absolute atomic E-state index is 12.8. The van der Waals surface area contributed by atoms with Crippen molar-refractivity contribution in [2.24, 2.45) is 17.8 Å². The number of rotatable bonds is 16. The molecule has 0 spiro atoms. The summed E-state index contributed by atoms with van der Waals surface area (Å²) in [6.07, 6.45) is 15.8. The van der Waals surface area contributed by atoms with Crippen molar-refractivity contribution in [3.05, 3.63) is 11.1 Å². The molecular formula is C26H44O4. The Balaban J connectivity index is 1.80. The SMILES string of the molecule is CCCCCCCCOC(=O)C1=C(C(=O)OCCCCCCCC)C2CC1CC2C. The molecule has 0 heterocycles. The highest BCUT2D eigenvalue weighted by Gasteiger charge is 2.49. The van der Waals surface area contributed by atoms with Crippen LogP contribution >= 0.6 is 0 Å². The highest BCUT2D eigenvalue weighted by Crippen LogP contribution is 2.52. The van der Waals surface area contributed by atoms with Gasteiger partial charge in [-0.3, -0.25) is 0 Å².